The lowest BCUT2D eigenvalue weighted by Crippen LogP contribution is -2.46. The quantitative estimate of drug-likeness (QED) is 0.297. The smallest absolute Gasteiger partial charge is 0.191 e. The molecule has 9 heteroatoms. The summed E-state index contributed by atoms with van der Waals surface area (Å²) in [6.07, 6.45) is 0.853. The highest BCUT2D eigenvalue weighted by Gasteiger charge is 2.23. The van der Waals surface area contributed by atoms with E-state index in [4.69, 9.17) is 9.72 Å². The van der Waals surface area contributed by atoms with Crippen LogP contribution in [0, 0.1) is 5.82 Å². The Morgan fingerprint density at radius 1 is 1.22 bits per heavy atom. The molecule has 0 radical (unpaired) electrons. The van der Waals surface area contributed by atoms with Gasteiger partial charge in [0.25, 0.3) is 0 Å². The van der Waals surface area contributed by atoms with Gasteiger partial charge in [-0.3, -0.25) is 9.89 Å². The number of nitrogens with zero attached hydrogens (tertiary/aromatic N) is 3. The summed E-state index contributed by atoms with van der Waals surface area (Å²) in [4.78, 5) is 11.5. The van der Waals surface area contributed by atoms with Gasteiger partial charge in [-0.2, -0.15) is 0 Å². The second kappa shape index (κ2) is 12.8. The number of benzene rings is 1. The molecule has 0 saturated carbocycles. The van der Waals surface area contributed by atoms with E-state index < -0.39 is 0 Å². The number of guanidine groups is 1. The number of nitrogens with one attached hydrogen (secondary N) is 2. The molecule has 2 heterocycles. The van der Waals surface area contributed by atoms with Crippen LogP contribution < -0.4 is 10.6 Å². The molecule has 32 heavy (non-hydrogen) atoms. The fourth-order valence-electron chi connectivity index (χ4n) is 3.50. The van der Waals surface area contributed by atoms with Crippen LogP contribution in [0.15, 0.2) is 34.6 Å². The molecule has 1 fully saturated rings. The van der Waals surface area contributed by atoms with Gasteiger partial charge in [-0.15, -0.1) is 35.3 Å². The van der Waals surface area contributed by atoms with E-state index in [0.29, 0.717) is 6.54 Å². The molecule has 0 spiro atoms. The normalized spacial score (nSPS) is 16.3. The van der Waals surface area contributed by atoms with Gasteiger partial charge in [-0.05, 0) is 17.7 Å². The van der Waals surface area contributed by atoms with Crippen molar-refractivity contribution in [2.75, 3.05) is 46.4 Å². The molecule has 1 unspecified atom stereocenters. The fourth-order valence-corrected chi connectivity index (χ4v) is 4.53. The van der Waals surface area contributed by atoms with E-state index in [0.717, 1.165) is 61.5 Å². The van der Waals surface area contributed by atoms with Crippen molar-refractivity contribution < 1.29 is 9.13 Å². The minimum Gasteiger partial charge on any atom is -0.379 e. The maximum absolute atomic E-state index is 13.4. The lowest BCUT2D eigenvalue weighted by molar-refractivity contribution is 0.0170. The molecule has 6 nitrogen and oxygen atoms in total. The third-order valence-corrected chi connectivity index (χ3v) is 6.29. The molecule has 1 aromatic carbocycles. The molecule has 1 aliphatic rings. The highest BCUT2D eigenvalue weighted by Crippen LogP contribution is 2.24. The van der Waals surface area contributed by atoms with Gasteiger partial charge < -0.3 is 15.4 Å². The monoisotopic (exact) mass is 575 g/mol. The van der Waals surface area contributed by atoms with Crippen molar-refractivity contribution in [3.05, 3.63) is 51.7 Å². The molecular formula is C23H35FIN5OS. The highest BCUT2D eigenvalue weighted by atomic mass is 127. The number of aliphatic imine (C=N–C) groups is 1. The van der Waals surface area contributed by atoms with Crippen molar-refractivity contribution >= 4 is 41.3 Å². The van der Waals surface area contributed by atoms with E-state index in [2.05, 4.69) is 46.7 Å². The zero-order valence-corrected chi connectivity index (χ0v) is 22.5. The minimum atomic E-state index is -0.216. The number of hydrogen-bond donors (Lipinski definition) is 2. The fraction of sp³-hybridized carbons (Fsp3) is 0.565. The lowest BCUT2D eigenvalue weighted by atomic mass is 9.93. The van der Waals surface area contributed by atoms with Gasteiger partial charge in [0.2, 0.25) is 0 Å². The summed E-state index contributed by atoms with van der Waals surface area (Å²) in [6.45, 7) is 11.1. The second-order valence-corrected chi connectivity index (χ2v) is 9.66. The summed E-state index contributed by atoms with van der Waals surface area (Å²) in [6, 6.07) is 6.90. The number of ether oxygens (including phenoxy) is 1. The Kier molecular flexibility index (Phi) is 10.8. The summed E-state index contributed by atoms with van der Waals surface area (Å²) in [5.74, 6) is 0.541. The minimum absolute atomic E-state index is 0. The van der Waals surface area contributed by atoms with Crippen molar-refractivity contribution in [1.82, 2.24) is 20.5 Å². The van der Waals surface area contributed by atoms with E-state index in [9.17, 15) is 4.39 Å². The van der Waals surface area contributed by atoms with Crippen LogP contribution in [0.4, 0.5) is 4.39 Å². The van der Waals surface area contributed by atoms with Gasteiger partial charge >= 0.3 is 0 Å². The number of hydrogen-bond acceptors (Lipinski definition) is 5. The Bertz CT molecular complexity index is 847. The topological polar surface area (TPSA) is 61.8 Å². The van der Waals surface area contributed by atoms with Gasteiger partial charge in [0.15, 0.2) is 5.96 Å². The van der Waals surface area contributed by atoms with Gasteiger partial charge in [-0.1, -0.05) is 32.9 Å². The maximum atomic E-state index is 13.4. The zero-order valence-electron chi connectivity index (χ0n) is 19.4. The van der Waals surface area contributed by atoms with E-state index in [1.54, 1.807) is 18.4 Å². The van der Waals surface area contributed by atoms with Crippen molar-refractivity contribution in [1.29, 1.82) is 0 Å². The second-order valence-electron chi connectivity index (χ2n) is 8.72. The van der Waals surface area contributed by atoms with E-state index >= 15 is 0 Å². The first-order chi connectivity index (χ1) is 14.9. The first-order valence-electron chi connectivity index (χ1n) is 10.8. The molecule has 178 valence electrons. The number of thiazole rings is 1. The zero-order chi connectivity index (χ0) is 22.3. The molecule has 0 aliphatic carbocycles. The largest absolute Gasteiger partial charge is 0.379 e. The highest BCUT2D eigenvalue weighted by molar-refractivity contribution is 14.0. The summed E-state index contributed by atoms with van der Waals surface area (Å²) >= 11 is 1.71. The predicted molar refractivity (Wildman–Crippen MR) is 141 cm³/mol. The molecule has 2 aromatic rings. The van der Waals surface area contributed by atoms with E-state index in [1.807, 2.05) is 12.1 Å². The number of halogens is 2. The molecule has 1 aliphatic heterocycles. The average molecular weight is 576 g/mol. The third kappa shape index (κ3) is 7.93. The molecule has 0 amide bonds. The number of morpholine rings is 1. The van der Waals surface area contributed by atoms with E-state index in [1.165, 1.54) is 12.1 Å². The Labute approximate surface area is 212 Å². The van der Waals surface area contributed by atoms with Crippen LogP contribution in [0.5, 0.6) is 0 Å². The van der Waals surface area contributed by atoms with Gasteiger partial charge in [0.1, 0.15) is 5.82 Å². The summed E-state index contributed by atoms with van der Waals surface area (Å²) in [5, 5.41) is 10.1. The van der Waals surface area contributed by atoms with Crippen LogP contribution in [0.2, 0.25) is 0 Å². The Morgan fingerprint density at radius 3 is 2.50 bits per heavy atom. The van der Waals surface area contributed by atoms with Gasteiger partial charge in [-0.25, -0.2) is 9.37 Å². The standard InChI is InChI=1S/C23H34FN5OS.HI/c1-23(2,3)20-16-31-21(28-20)9-10-26-22(25-4)27-15-19(29-11-13-30-14-12-29)17-5-7-18(24)8-6-17;/h5-8,16,19H,9-15H2,1-4H3,(H2,25,26,27);1H. The van der Waals surface area contributed by atoms with Crippen molar-refractivity contribution in [2.45, 2.75) is 38.6 Å². The molecular weight excluding hydrogens is 540 g/mol. The van der Waals surface area contributed by atoms with E-state index in [-0.39, 0.29) is 41.3 Å². The van der Waals surface area contributed by atoms with Crippen LogP contribution in [-0.2, 0) is 16.6 Å². The molecule has 2 N–H and O–H groups in total. The summed E-state index contributed by atoms with van der Waals surface area (Å²) < 4.78 is 18.9. The Hall–Kier alpha value is -1.30. The van der Waals surface area contributed by atoms with Gasteiger partial charge in [0, 0.05) is 50.4 Å². The molecule has 1 aromatic heterocycles. The first-order valence-corrected chi connectivity index (χ1v) is 11.7. The molecule has 1 atom stereocenters. The molecule has 3 rings (SSSR count). The van der Waals surface area contributed by atoms with Crippen LogP contribution in [0.25, 0.3) is 0 Å². The van der Waals surface area contributed by atoms with Crippen molar-refractivity contribution in [3.8, 4) is 0 Å². The van der Waals surface area contributed by atoms with Crippen LogP contribution in [0.3, 0.4) is 0 Å². The Morgan fingerprint density at radius 2 is 1.91 bits per heavy atom. The van der Waals surface area contributed by atoms with Gasteiger partial charge in [0.05, 0.1) is 30.0 Å². The van der Waals surface area contributed by atoms with Crippen molar-refractivity contribution in [3.63, 3.8) is 0 Å². The van der Waals surface area contributed by atoms with Crippen LogP contribution >= 0.6 is 35.3 Å². The molecule has 1 saturated heterocycles. The summed E-state index contributed by atoms with van der Waals surface area (Å²) in [7, 11) is 1.78. The third-order valence-electron chi connectivity index (χ3n) is 5.38. The lowest BCUT2D eigenvalue weighted by Gasteiger charge is -2.35. The Balaban J connectivity index is 0.00000363. The van der Waals surface area contributed by atoms with Crippen molar-refractivity contribution in [2.24, 2.45) is 4.99 Å². The predicted octanol–water partition coefficient (Wildman–Crippen LogP) is 3.98. The maximum Gasteiger partial charge on any atom is 0.191 e. The molecule has 0 bridgehead atoms. The summed E-state index contributed by atoms with van der Waals surface area (Å²) in [5.41, 5.74) is 2.31. The van der Waals surface area contributed by atoms with Crippen LogP contribution in [-0.4, -0.2) is 62.3 Å². The first kappa shape index (κ1) is 26.9. The average Bonchev–Trinajstić information content (AvgIpc) is 3.24. The number of aromatic nitrogens is 1. The SMILES string of the molecule is CN=C(NCCc1nc(C(C)(C)C)cs1)NCC(c1ccc(F)cc1)N1CCOCC1.I. The van der Waals surface area contributed by atoms with Crippen LogP contribution in [0.1, 0.15) is 43.1 Å². The number of rotatable bonds is 7.